The number of hydrogen-bond donors (Lipinski definition) is 3. The lowest BCUT2D eigenvalue weighted by atomic mass is 9.94. The van der Waals surface area contributed by atoms with Crippen LogP contribution in [0.5, 0.6) is 0 Å². The van der Waals surface area contributed by atoms with Crippen LogP contribution in [0.4, 0.5) is 32.4 Å². The van der Waals surface area contributed by atoms with Crippen molar-refractivity contribution in [3.8, 4) is 0 Å². The summed E-state index contributed by atoms with van der Waals surface area (Å²) in [5.74, 6) is -4.24. The zero-order valence-corrected chi connectivity index (χ0v) is 12.4. The number of urea groups is 1. The molecule has 1 aromatic rings. The molecule has 0 bridgehead atoms. The first-order valence-electron chi connectivity index (χ1n) is 6.37. The molecule has 0 aliphatic carbocycles. The molecule has 0 aliphatic heterocycles. The summed E-state index contributed by atoms with van der Waals surface area (Å²) in [5, 5.41) is 3.36. The maximum Gasteiger partial charge on any atom is 0.417 e. The number of anilines is 1. The van der Waals surface area contributed by atoms with Gasteiger partial charge in [0.25, 0.3) is 5.92 Å². The van der Waals surface area contributed by atoms with E-state index in [1.165, 1.54) is 23.5 Å². The van der Waals surface area contributed by atoms with Crippen molar-refractivity contribution < 1.29 is 26.7 Å². The smallest absolute Gasteiger partial charge is 0.399 e. The molecule has 0 saturated heterocycles. The first kappa shape index (κ1) is 18.7. The van der Waals surface area contributed by atoms with E-state index in [1.807, 2.05) is 0 Å². The minimum Gasteiger partial charge on any atom is -0.399 e. The van der Waals surface area contributed by atoms with Crippen LogP contribution in [-0.2, 0) is 0 Å². The first-order chi connectivity index (χ1) is 10.3. The molecule has 128 valence electrons. The van der Waals surface area contributed by atoms with Crippen LogP contribution in [0.15, 0.2) is 30.8 Å². The summed E-state index contributed by atoms with van der Waals surface area (Å²) in [6, 6.07) is 4.42. The number of halogens is 5. The van der Waals surface area contributed by atoms with Crippen molar-refractivity contribution >= 4 is 17.4 Å². The normalized spacial score (nSPS) is 14.7. The van der Waals surface area contributed by atoms with Crippen LogP contribution >= 0.6 is 0 Å². The molecule has 4 nitrogen and oxygen atoms in total. The van der Waals surface area contributed by atoms with E-state index in [9.17, 15) is 26.7 Å². The standard InChI is InChI=1S/C14H16F5N3O/c1-8(20)9-6-4-5-7-10(9)21-11(23)22-12(2,13(3,15)16)14(17,18)19/h4-7H,1,20H2,2-3H3,(H2,21,22,23). The summed E-state index contributed by atoms with van der Waals surface area (Å²) in [6.07, 6.45) is -5.36. The van der Waals surface area contributed by atoms with E-state index in [2.05, 4.69) is 11.9 Å². The van der Waals surface area contributed by atoms with Crippen LogP contribution in [-0.4, -0.2) is 23.7 Å². The number of carbonyl (C=O) groups excluding carboxylic acids is 1. The summed E-state index contributed by atoms with van der Waals surface area (Å²) in [4.78, 5) is 11.8. The van der Waals surface area contributed by atoms with Gasteiger partial charge >= 0.3 is 12.2 Å². The maximum absolute atomic E-state index is 13.4. The number of nitrogens with two attached hydrogens (primary N) is 1. The third kappa shape index (κ3) is 3.91. The van der Waals surface area contributed by atoms with Crippen molar-refractivity contribution in [3.63, 3.8) is 0 Å². The Morgan fingerprint density at radius 3 is 2.09 bits per heavy atom. The Morgan fingerprint density at radius 2 is 1.65 bits per heavy atom. The fraction of sp³-hybridized carbons (Fsp3) is 0.357. The molecule has 4 N–H and O–H groups in total. The van der Waals surface area contributed by atoms with E-state index in [4.69, 9.17) is 5.73 Å². The van der Waals surface area contributed by atoms with Crippen LogP contribution in [0.25, 0.3) is 5.70 Å². The Kier molecular flexibility index (Phi) is 4.93. The van der Waals surface area contributed by atoms with Crippen molar-refractivity contribution in [2.24, 2.45) is 5.73 Å². The summed E-state index contributed by atoms with van der Waals surface area (Å²) < 4.78 is 65.6. The Bertz CT molecular complexity index is 593. The average molecular weight is 337 g/mol. The molecule has 1 aromatic carbocycles. The highest BCUT2D eigenvalue weighted by Crippen LogP contribution is 2.41. The predicted molar refractivity (Wildman–Crippen MR) is 76.9 cm³/mol. The molecule has 9 heteroatoms. The van der Waals surface area contributed by atoms with Crippen LogP contribution in [0.2, 0.25) is 0 Å². The number of hydrogen-bond acceptors (Lipinski definition) is 2. The van der Waals surface area contributed by atoms with Gasteiger partial charge in [0, 0.05) is 18.2 Å². The molecule has 0 fully saturated rings. The monoisotopic (exact) mass is 337 g/mol. The maximum atomic E-state index is 13.4. The van der Waals surface area contributed by atoms with Gasteiger partial charge in [0.1, 0.15) is 0 Å². The Labute approximate surface area is 129 Å². The minimum atomic E-state index is -5.36. The van der Waals surface area contributed by atoms with E-state index < -0.39 is 23.7 Å². The zero-order valence-electron chi connectivity index (χ0n) is 12.4. The van der Waals surface area contributed by atoms with Crippen LogP contribution in [0.3, 0.4) is 0 Å². The van der Waals surface area contributed by atoms with Crippen LogP contribution in [0.1, 0.15) is 19.4 Å². The molecule has 0 spiro atoms. The van der Waals surface area contributed by atoms with Gasteiger partial charge in [-0.3, -0.25) is 0 Å². The van der Waals surface area contributed by atoms with E-state index in [1.54, 1.807) is 6.07 Å². The van der Waals surface area contributed by atoms with E-state index >= 15 is 0 Å². The van der Waals surface area contributed by atoms with E-state index in [-0.39, 0.29) is 30.8 Å². The van der Waals surface area contributed by atoms with E-state index in [0.29, 0.717) is 0 Å². The molecular weight excluding hydrogens is 321 g/mol. The molecule has 0 heterocycles. The van der Waals surface area contributed by atoms with Gasteiger partial charge in [0.15, 0.2) is 5.54 Å². The van der Waals surface area contributed by atoms with Gasteiger partial charge in [0.2, 0.25) is 0 Å². The largest absolute Gasteiger partial charge is 0.417 e. The second kappa shape index (κ2) is 6.05. The lowest BCUT2D eigenvalue weighted by Gasteiger charge is -2.37. The Morgan fingerprint density at radius 1 is 1.13 bits per heavy atom. The highest BCUT2D eigenvalue weighted by atomic mass is 19.4. The average Bonchev–Trinajstić information content (AvgIpc) is 2.36. The molecule has 23 heavy (non-hydrogen) atoms. The molecule has 0 saturated carbocycles. The zero-order chi connectivity index (χ0) is 18.1. The van der Waals surface area contributed by atoms with Crippen molar-refractivity contribution in [1.82, 2.24) is 5.32 Å². The van der Waals surface area contributed by atoms with Gasteiger partial charge in [-0.2, -0.15) is 13.2 Å². The molecule has 0 aromatic heterocycles. The number of amides is 2. The van der Waals surface area contributed by atoms with Crippen LogP contribution in [0, 0.1) is 0 Å². The van der Waals surface area contributed by atoms with Crippen molar-refractivity contribution in [2.45, 2.75) is 31.5 Å². The molecule has 1 unspecified atom stereocenters. The second-order valence-electron chi connectivity index (χ2n) is 5.16. The molecular formula is C14H16F5N3O. The van der Waals surface area contributed by atoms with Crippen LogP contribution < -0.4 is 16.4 Å². The number of rotatable bonds is 4. The van der Waals surface area contributed by atoms with Gasteiger partial charge in [-0.25, -0.2) is 13.6 Å². The second-order valence-corrected chi connectivity index (χ2v) is 5.16. The molecule has 0 radical (unpaired) electrons. The summed E-state index contributed by atoms with van der Waals surface area (Å²) in [6.45, 7) is 3.74. The van der Waals surface area contributed by atoms with Gasteiger partial charge in [-0.05, 0) is 13.0 Å². The van der Waals surface area contributed by atoms with E-state index in [0.717, 1.165) is 0 Å². The number of carbonyl (C=O) groups is 1. The Balaban J connectivity index is 3.06. The molecule has 0 aliphatic rings. The van der Waals surface area contributed by atoms with Gasteiger partial charge < -0.3 is 16.4 Å². The van der Waals surface area contributed by atoms with Crippen molar-refractivity contribution in [3.05, 3.63) is 36.4 Å². The van der Waals surface area contributed by atoms with Gasteiger partial charge in [0.05, 0.1) is 5.69 Å². The molecule has 2 amide bonds. The quantitative estimate of drug-likeness (QED) is 0.733. The highest BCUT2D eigenvalue weighted by molar-refractivity contribution is 5.93. The highest BCUT2D eigenvalue weighted by Gasteiger charge is 2.65. The fourth-order valence-corrected chi connectivity index (χ4v) is 1.68. The van der Waals surface area contributed by atoms with Gasteiger partial charge in [-0.15, -0.1) is 0 Å². The number of para-hydroxylation sites is 1. The van der Waals surface area contributed by atoms with Crippen molar-refractivity contribution in [1.29, 1.82) is 0 Å². The number of nitrogens with one attached hydrogen (secondary N) is 2. The SMILES string of the molecule is C=C(N)c1ccccc1NC(=O)NC(C)(C(C)(F)F)C(F)(F)F. The predicted octanol–water partition coefficient (Wildman–Crippen LogP) is 3.71. The lowest BCUT2D eigenvalue weighted by Crippen LogP contribution is -2.66. The summed E-state index contributed by atoms with van der Waals surface area (Å²) in [5.41, 5.74) is 2.11. The van der Waals surface area contributed by atoms with Gasteiger partial charge in [-0.1, -0.05) is 24.8 Å². The third-order valence-electron chi connectivity index (χ3n) is 3.33. The topological polar surface area (TPSA) is 67.1 Å². The number of benzene rings is 1. The molecule has 1 atom stereocenters. The summed E-state index contributed by atoms with van der Waals surface area (Å²) in [7, 11) is 0. The lowest BCUT2D eigenvalue weighted by molar-refractivity contribution is -0.249. The minimum absolute atomic E-state index is 0.0430. The molecule has 1 rings (SSSR count). The first-order valence-corrected chi connectivity index (χ1v) is 6.37. The Hall–Kier alpha value is -2.32. The fourth-order valence-electron chi connectivity index (χ4n) is 1.68. The summed E-state index contributed by atoms with van der Waals surface area (Å²) >= 11 is 0. The number of alkyl halides is 5. The third-order valence-corrected chi connectivity index (χ3v) is 3.33. The van der Waals surface area contributed by atoms with Crippen molar-refractivity contribution in [2.75, 3.05) is 5.32 Å².